The summed E-state index contributed by atoms with van der Waals surface area (Å²) in [7, 11) is 1.81. The van der Waals surface area contributed by atoms with Gasteiger partial charge in [0.2, 0.25) is 5.91 Å². The minimum Gasteiger partial charge on any atom is -0.376 e. The van der Waals surface area contributed by atoms with E-state index in [1.54, 1.807) is 18.0 Å². The van der Waals surface area contributed by atoms with Crippen molar-refractivity contribution < 1.29 is 9.53 Å². The number of aromatic nitrogens is 2. The van der Waals surface area contributed by atoms with Crippen molar-refractivity contribution in [3.63, 3.8) is 0 Å². The van der Waals surface area contributed by atoms with Gasteiger partial charge in [0.15, 0.2) is 0 Å². The maximum atomic E-state index is 12.0. The molecule has 0 bridgehead atoms. The molecule has 1 fully saturated rings. The van der Waals surface area contributed by atoms with Gasteiger partial charge < -0.3 is 9.64 Å². The van der Waals surface area contributed by atoms with Gasteiger partial charge in [0, 0.05) is 39.1 Å². The number of rotatable bonds is 5. The zero-order valence-electron chi connectivity index (χ0n) is 11.8. The number of hydrogen-bond donors (Lipinski definition) is 1. The molecular formula is C14H21N3O3. The smallest absolute Gasteiger partial charge is 0.264 e. The summed E-state index contributed by atoms with van der Waals surface area (Å²) in [5, 5.41) is 6.26. The molecule has 2 rings (SSSR count). The van der Waals surface area contributed by atoms with Crippen LogP contribution < -0.4 is 5.56 Å². The minimum absolute atomic E-state index is 0.0761. The van der Waals surface area contributed by atoms with E-state index < -0.39 is 0 Å². The van der Waals surface area contributed by atoms with Crippen LogP contribution in [0.4, 0.5) is 0 Å². The number of aryl methyl sites for hydroxylation is 1. The van der Waals surface area contributed by atoms with Crippen LogP contribution in [0.5, 0.6) is 0 Å². The zero-order chi connectivity index (χ0) is 14.4. The molecule has 0 saturated carbocycles. The predicted molar refractivity (Wildman–Crippen MR) is 74.4 cm³/mol. The van der Waals surface area contributed by atoms with Gasteiger partial charge in [0.05, 0.1) is 11.8 Å². The molecule has 0 spiro atoms. The fourth-order valence-corrected chi connectivity index (χ4v) is 2.30. The van der Waals surface area contributed by atoms with Crippen LogP contribution in [0.1, 0.15) is 31.4 Å². The fraction of sp³-hybridized carbons (Fsp3) is 0.643. The highest BCUT2D eigenvalue weighted by Gasteiger charge is 2.18. The first-order valence-corrected chi connectivity index (χ1v) is 7.05. The molecule has 6 heteroatoms. The number of aromatic amines is 1. The third-order valence-electron chi connectivity index (χ3n) is 3.51. The summed E-state index contributed by atoms with van der Waals surface area (Å²) in [4.78, 5) is 24.6. The van der Waals surface area contributed by atoms with Gasteiger partial charge in [-0.1, -0.05) is 0 Å². The van der Waals surface area contributed by atoms with Gasteiger partial charge in [0.1, 0.15) is 0 Å². The maximum Gasteiger partial charge on any atom is 0.264 e. The molecule has 6 nitrogen and oxygen atoms in total. The van der Waals surface area contributed by atoms with Crippen LogP contribution in [0, 0.1) is 0 Å². The number of nitrogens with zero attached hydrogens (tertiary/aromatic N) is 2. The van der Waals surface area contributed by atoms with E-state index in [9.17, 15) is 9.59 Å². The normalized spacial score (nSPS) is 18.8. The molecule has 1 saturated heterocycles. The lowest BCUT2D eigenvalue weighted by Crippen LogP contribution is -2.37. The Balaban J connectivity index is 1.75. The molecule has 110 valence electrons. The van der Waals surface area contributed by atoms with Crippen LogP contribution in [0.25, 0.3) is 0 Å². The third kappa shape index (κ3) is 4.45. The highest BCUT2D eigenvalue weighted by atomic mass is 16.5. The Kier molecular flexibility index (Phi) is 5.29. The second-order valence-electron chi connectivity index (χ2n) is 5.18. The molecule has 0 radical (unpaired) electrons. The molecule has 2 heterocycles. The second kappa shape index (κ2) is 7.19. The molecule has 1 aromatic heterocycles. The second-order valence-corrected chi connectivity index (χ2v) is 5.18. The predicted octanol–water partition coefficient (Wildman–Crippen LogP) is 0.730. The fourth-order valence-electron chi connectivity index (χ4n) is 2.30. The first kappa shape index (κ1) is 14.7. The lowest BCUT2D eigenvalue weighted by molar-refractivity contribution is -0.132. The first-order chi connectivity index (χ1) is 9.65. The number of hydrogen-bond acceptors (Lipinski definition) is 4. The molecule has 1 aliphatic heterocycles. The lowest BCUT2D eigenvalue weighted by atomic mass is 10.1. The number of carbonyl (C=O) groups is 1. The summed E-state index contributed by atoms with van der Waals surface area (Å²) < 4.78 is 5.63. The van der Waals surface area contributed by atoms with E-state index in [-0.39, 0.29) is 17.6 Å². The molecule has 1 amide bonds. The number of nitrogens with one attached hydrogen (secondary N) is 1. The highest BCUT2D eigenvalue weighted by molar-refractivity contribution is 5.76. The minimum atomic E-state index is -0.230. The van der Waals surface area contributed by atoms with Crippen LogP contribution in [0.2, 0.25) is 0 Å². The van der Waals surface area contributed by atoms with Crippen LogP contribution in [-0.2, 0) is 16.0 Å². The highest BCUT2D eigenvalue weighted by Crippen LogP contribution is 2.13. The largest absolute Gasteiger partial charge is 0.376 e. The number of H-pyrrole nitrogens is 1. The molecule has 0 unspecified atom stereocenters. The van der Waals surface area contributed by atoms with Gasteiger partial charge in [0.25, 0.3) is 5.56 Å². The van der Waals surface area contributed by atoms with Crippen LogP contribution in [-0.4, -0.2) is 47.3 Å². The van der Waals surface area contributed by atoms with E-state index in [2.05, 4.69) is 10.2 Å². The van der Waals surface area contributed by atoms with Crippen LogP contribution in [0.15, 0.2) is 16.9 Å². The average Bonchev–Trinajstić information content (AvgIpc) is 2.47. The van der Waals surface area contributed by atoms with Gasteiger partial charge >= 0.3 is 0 Å². The average molecular weight is 279 g/mol. The SMILES string of the molecule is CN(C[C@H]1CCCCO1)C(=O)CCc1ccc(=O)[nH]n1. The van der Waals surface area contributed by atoms with Gasteiger partial charge in [-0.25, -0.2) is 5.10 Å². The summed E-state index contributed by atoms with van der Waals surface area (Å²) in [6.07, 6.45) is 4.41. The third-order valence-corrected chi connectivity index (χ3v) is 3.51. The molecule has 1 aromatic rings. The molecule has 1 aliphatic rings. The Bertz CT molecular complexity index is 474. The van der Waals surface area contributed by atoms with E-state index in [0.29, 0.717) is 19.4 Å². The Hall–Kier alpha value is -1.69. The van der Waals surface area contributed by atoms with Crippen molar-refractivity contribution in [2.45, 2.75) is 38.2 Å². The van der Waals surface area contributed by atoms with Crippen molar-refractivity contribution in [3.8, 4) is 0 Å². The summed E-state index contributed by atoms with van der Waals surface area (Å²) in [5.41, 5.74) is 0.493. The van der Waals surface area contributed by atoms with Gasteiger partial charge in [-0.15, -0.1) is 0 Å². The number of likely N-dealkylation sites (N-methyl/N-ethyl adjacent to an activating group) is 1. The lowest BCUT2D eigenvalue weighted by Gasteiger charge is -2.27. The van der Waals surface area contributed by atoms with Crippen molar-refractivity contribution in [1.29, 1.82) is 0 Å². The Labute approximate surface area is 118 Å². The van der Waals surface area contributed by atoms with E-state index in [1.165, 1.54) is 12.5 Å². The summed E-state index contributed by atoms with van der Waals surface area (Å²) in [6, 6.07) is 3.07. The van der Waals surface area contributed by atoms with Gasteiger partial charge in [-0.05, 0) is 25.3 Å². The molecule has 0 aliphatic carbocycles. The molecule has 0 aromatic carbocycles. The standard InChI is InChI=1S/C14H21N3O3/c1-17(10-12-4-2-3-9-20-12)14(19)8-6-11-5-7-13(18)16-15-11/h5,7,12H,2-4,6,8-10H2,1H3,(H,16,18)/t12-/m1/s1. The van der Waals surface area contributed by atoms with E-state index in [4.69, 9.17) is 4.74 Å². The van der Waals surface area contributed by atoms with Crippen molar-refractivity contribution in [1.82, 2.24) is 15.1 Å². The van der Waals surface area contributed by atoms with Crippen molar-refractivity contribution in [2.75, 3.05) is 20.2 Å². The van der Waals surface area contributed by atoms with Gasteiger partial charge in [-0.2, -0.15) is 5.10 Å². The van der Waals surface area contributed by atoms with Crippen molar-refractivity contribution in [3.05, 3.63) is 28.2 Å². The van der Waals surface area contributed by atoms with Crippen molar-refractivity contribution >= 4 is 5.91 Å². The Morgan fingerprint density at radius 1 is 1.50 bits per heavy atom. The number of amides is 1. The molecule has 20 heavy (non-hydrogen) atoms. The van der Waals surface area contributed by atoms with E-state index in [1.807, 2.05) is 0 Å². The first-order valence-electron chi connectivity index (χ1n) is 7.05. The quantitative estimate of drug-likeness (QED) is 0.862. The van der Waals surface area contributed by atoms with Gasteiger partial charge in [-0.3, -0.25) is 9.59 Å². The Morgan fingerprint density at radius 3 is 3.00 bits per heavy atom. The summed E-state index contributed by atoms with van der Waals surface area (Å²) in [5.74, 6) is 0.0761. The van der Waals surface area contributed by atoms with Crippen molar-refractivity contribution in [2.24, 2.45) is 0 Å². The topological polar surface area (TPSA) is 75.3 Å². The number of ether oxygens (including phenoxy) is 1. The molecule has 1 N–H and O–H groups in total. The maximum absolute atomic E-state index is 12.0. The summed E-state index contributed by atoms with van der Waals surface area (Å²) in [6.45, 7) is 1.45. The molecule has 1 atom stereocenters. The van der Waals surface area contributed by atoms with Crippen LogP contribution in [0.3, 0.4) is 0 Å². The van der Waals surface area contributed by atoms with E-state index >= 15 is 0 Å². The summed E-state index contributed by atoms with van der Waals surface area (Å²) >= 11 is 0. The monoisotopic (exact) mass is 279 g/mol. The Morgan fingerprint density at radius 2 is 2.35 bits per heavy atom. The van der Waals surface area contributed by atoms with E-state index in [0.717, 1.165) is 25.1 Å². The molecular weight excluding hydrogens is 258 g/mol. The zero-order valence-corrected chi connectivity index (χ0v) is 11.8. The van der Waals surface area contributed by atoms with Crippen LogP contribution >= 0.6 is 0 Å². The number of carbonyl (C=O) groups excluding carboxylic acids is 1.